The van der Waals surface area contributed by atoms with Crippen molar-refractivity contribution in [3.05, 3.63) is 23.2 Å². The second kappa shape index (κ2) is 4.01. The van der Waals surface area contributed by atoms with Crippen molar-refractivity contribution in [2.75, 3.05) is 24.2 Å². The summed E-state index contributed by atoms with van der Waals surface area (Å²) in [4.78, 5) is 1.75. The Morgan fingerprint density at radius 3 is 2.92 bits per heavy atom. The number of nitrogen functional groups attached to an aromatic ring is 1. The first-order chi connectivity index (χ1) is 6.15. The zero-order valence-corrected chi connectivity index (χ0v) is 8.04. The van der Waals surface area contributed by atoms with Crippen LogP contribution in [0.4, 0.5) is 11.4 Å². The summed E-state index contributed by atoms with van der Waals surface area (Å²) in [5.74, 6) is 0. The molecule has 0 fully saturated rings. The lowest BCUT2D eigenvalue weighted by molar-refractivity contribution is 1.04. The summed E-state index contributed by atoms with van der Waals surface area (Å²) in [6.07, 6.45) is 0. The molecule has 0 heterocycles. The van der Waals surface area contributed by atoms with Crippen LogP contribution >= 0.6 is 11.6 Å². The number of benzene rings is 1. The summed E-state index contributed by atoms with van der Waals surface area (Å²) in [6, 6.07) is 7.23. The minimum Gasteiger partial charge on any atom is -0.397 e. The van der Waals surface area contributed by atoms with E-state index in [0.717, 1.165) is 5.69 Å². The van der Waals surface area contributed by atoms with Crippen LogP contribution in [-0.2, 0) is 0 Å². The predicted molar refractivity (Wildman–Crippen MR) is 54.7 cm³/mol. The summed E-state index contributed by atoms with van der Waals surface area (Å²) < 4.78 is 0. The summed E-state index contributed by atoms with van der Waals surface area (Å²) in [6.45, 7) is 0.296. The third kappa shape index (κ3) is 2.27. The summed E-state index contributed by atoms with van der Waals surface area (Å²) in [7, 11) is 1.80. The van der Waals surface area contributed by atoms with Crippen molar-refractivity contribution < 1.29 is 0 Å². The van der Waals surface area contributed by atoms with E-state index in [0.29, 0.717) is 17.3 Å². The highest BCUT2D eigenvalue weighted by Gasteiger charge is 2.04. The van der Waals surface area contributed by atoms with E-state index in [9.17, 15) is 0 Å². The Hall–Kier alpha value is -1.40. The molecule has 0 radical (unpaired) electrons. The molecule has 0 aliphatic heterocycles. The number of nitriles is 1. The van der Waals surface area contributed by atoms with Crippen molar-refractivity contribution in [3.63, 3.8) is 0 Å². The van der Waals surface area contributed by atoms with E-state index in [-0.39, 0.29) is 0 Å². The first-order valence-corrected chi connectivity index (χ1v) is 4.16. The second-order valence-electron chi connectivity index (χ2n) is 2.72. The molecule has 1 rings (SSSR count). The molecule has 1 aromatic carbocycles. The number of anilines is 2. The van der Waals surface area contributed by atoms with Crippen LogP contribution in [0.25, 0.3) is 0 Å². The van der Waals surface area contributed by atoms with Crippen molar-refractivity contribution >= 4 is 23.0 Å². The van der Waals surface area contributed by atoms with Crippen molar-refractivity contribution in [2.45, 2.75) is 0 Å². The van der Waals surface area contributed by atoms with Crippen LogP contribution in [0, 0.1) is 11.3 Å². The smallest absolute Gasteiger partial charge is 0.105 e. The van der Waals surface area contributed by atoms with Gasteiger partial charge in [0.15, 0.2) is 0 Å². The molecule has 0 unspecified atom stereocenters. The van der Waals surface area contributed by atoms with E-state index in [1.807, 2.05) is 6.07 Å². The first-order valence-electron chi connectivity index (χ1n) is 3.78. The lowest BCUT2D eigenvalue weighted by Crippen LogP contribution is -2.18. The van der Waals surface area contributed by atoms with Crippen LogP contribution < -0.4 is 10.6 Å². The molecule has 13 heavy (non-hydrogen) atoms. The van der Waals surface area contributed by atoms with Crippen molar-refractivity contribution in [1.29, 1.82) is 5.26 Å². The maximum atomic E-state index is 8.49. The molecule has 0 aromatic heterocycles. The van der Waals surface area contributed by atoms with Gasteiger partial charge in [-0.2, -0.15) is 5.26 Å². The van der Waals surface area contributed by atoms with E-state index in [2.05, 4.69) is 0 Å². The Morgan fingerprint density at radius 1 is 1.62 bits per heavy atom. The Morgan fingerprint density at radius 2 is 2.31 bits per heavy atom. The normalized spacial score (nSPS) is 9.31. The lowest BCUT2D eigenvalue weighted by atomic mass is 10.2. The van der Waals surface area contributed by atoms with Crippen LogP contribution in [0.1, 0.15) is 0 Å². The van der Waals surface area contributed by atoms with Gasteiger partial charge in [-0.25, -0.2) is 0 Å². The van der Waals surface area contributed by atoms with Gasteiger partial charge in [0.05, 0.1) is 17.4 Å². The van der Waals surface area contributed by atoms with Gasteiger partial charge >= 0.3 is 0 Å². The van der Waals surface area contributed by atoms with E-state index in [1.165, 1.54) is 0 Å². The van der Waals surface area contributed by atoms with Gasteiger partial charge in [0.1, 0.15) is 6.54 Å². The number of nitrogens with two attached hydrogens (primary N) is 1. The Bertz CT molecular complexity index is 343. The maximum absolute atomic E-state index is 8.49. The Balaban J connectivity index is 3.00. The Kier molecular flexibility index (Phi) is 2.99. The summed E-state index contributed by atoms with van der Waals surface area (Å²) in [5, 5.41) is 9.11. The molecule has 0 bridgehead atoms. The number of rotatable bonds is 2. The molecule has 2 N–H and O–H groups in total. The zero-order valence-electron chi connectivity index (χ0n) is 7.29. The molecule has 1 aromatic rings. The summed E-state index contributed by atoms with van der Waals surface area (Å²) >= 11 is 5.80. The highest BCUT2D eigenvalue weighted by molar-refractivity contribution is 6.31. The second-order valence-corrected chi connectivity index (χ2v) is 3.15. The lowest BCUT2D eigenvalue weighted by Gasteiger charge is -2.17. The molecule has 0 saturated carbocycles. The third-order valence-corrected chi connectivity index (χ3v) is 1.95. The van der Waals surface area contributed by atoms with Gasteiger partial charge in [-0.05, 0) is 18.2 Å². The van der Waals surface area contributed by atoms with Gasteiger partial charge in [-0.15, -0.1) is 0 Å². The fourth-order valence-electron chi connectivity index (χ4n) is 1.04. The molecular weight excluding hydrogens is 186 g/mol. The predicted octanol–water partition coefficient (Wildman–Crippen LogP) is 1.88. The van der Waals surface area contributed by atoms with Crippen molar-refractivity contribution in [2.24, 2.45) is 0 Å². The van der Waals surface area contributed by atoms with E-state index < -0.39 is 0 Å². The van der Waals surface area contributed by atoms with Gasteiger partial charge in [-0.1, -0.05) is 11.6 Å². The molecule has 0 saturated heterocycles. The topological polar surface area (TPSA) is 53.0 Å². The molecule has 0 aliphatic carbocycles. The minimum atomic E-state index is 0.296. The largest absolute Gasteiger partial charge is 0.397 e. The average molecular weight is 196 g/mol. The van der Waals surface area contributed by atoms with Crippen molar-refractivity contribution in [3.8, 4) is 6.07 Å². The molecule has 68 valence electrons. The van der Waals surface area contributed by atoms with E-state index in [1.54, 1.807) is 30.1 Å². The molecule has 0 aliphatic rings. The monoisotopic (exact) mass is 195 g/mol. The fourth-order valence-corrected chi connectivity index (χ4v) is 1.20. The molecule has 0 amide bonds. The van der Waals surface area contributed by atoms with Gasteiger partial charge < -0.3 is 10.6 Å². The van der Waals surface area contributed by atoms with E-state index >= 15 is 0 Å². The highest BCUT2D eigenvalue weighted by atomic mass is 35.5. The zero-order chi connectivity index (χ0) is 9.84. The number of halogens is 1. The van der Waals surface area contributed by atoms with Crippen LogP contribution in [0.5, 0.6) is 0 Å². The van der Waals surface area contributed by atoms with Crippen LogP contribution in [0.15, 0.2) is 18.2 Å². The van der Waals surface area contributed by atoms with Gasteiger partial charge in [0.25, 0.3) is 0 Å². The molecule has 0 spiro atoms. The molecule has 0 atom stereocenters. The van der Waals surface area contributed by atoms with E-state index in [4.69, 9.17) is 22.6 Å². The van der Waals surface area contributed by atoms with Crippen LogP contribution in [0.2, 0.25) is 5.02 Å². The third-order valence-electron chi connectivity index (χ3n) is 1.71. The summed E-state index contributed by atoms with van der Waals surface area (Å²) in [5.41, 5.74) is 7.12. The standard InChI is InChI=1S/C9H10ClN3/c1-13(5-4-11)9-6-7(10)2-3-8(9)12/h2-3,6H,5,12H2,1H3. The Labute approximate surface area is 82.3 Å². The van der Waals surface area contributed by atoms with Crippen molar-refractivity contribution in [1.82, 2.24) is 0 Å². The van der Waals surface area contributed by atoms with Gasteiger partial charge in [0.2, 0.25) is 0 Å². The fraction of sp³-hybridized carbons (Fsp3) is 0.222. The number of hydrogen-bond acceptors (Lipinski definition) is 3. The maximum Gasteiger partial charge on any atom is 0.105 e. The first kappa shape index (κ1) is 9.69. The molecule has 4 heteroatoms. The van der Waals surface area contributed by atoms with Crippen LogP contribution in [-0.4, -0.2) is 13.6 Å². The number of hydrogen-bond donors (Lipinski definition) is 1. The van der Waals surface area contributed by atoms with Gasteiger partial charge in [0, 0.05) is 12.1 Å². The highest BCUT2D eigenvalue weighted by Crippen LogP contribution is 2.25. The molecular formula is C9H10ClN3. The minimum absolute atomic E-state index is 0.296. The average Bonchev–Trinajstić information content (AvgIpc) is 2.09. The number of nitrogens with zero attached hydrogens (tertiary/aromatic N) is 2. The quantitative estimate of drug-likeness (QED) is 0.579. The van der Waals surface area contributed by atoms with Crippen LogP contribution in [0.3, 0.4) is 0 Å². The molecule has 3 nitrogen and oxygen atoms in total. The van der Waals surface area contributed by atoms with Gasteiger partial charge in [-0.3, -0.25) is 0 Å². The SMILES string of the molecule is CN(CC#N)c1cc(Cl)ccc1N.